The van der Waals surface area contributed by atoms with Gasteiger partial charge in [-0.15, -0.1) is 9.42 Å². The third-order valence-corrected chi connectivity index (χ3v) is 8.52. The van der Waals surface area contributed by atoms with Crippen LogP contribution in [0.4, 0.5) is 11.8 Å². The van der Waals surface area contributed by atoms with Crippen LogP contribution in [0.2, 0.25) is 0 Å². The number of nitrogen functional groups attached to an aromatic ring is 2. The number of aliphatic hydroxyl groups is 2. The number of imidazole rings is 1. The molecule has 0 aromatic carbocycles. The molecule has 23 heteroatoms. The maximum atomic E-state index is 13.1. The number of nitrogens with one attached hydrogen (secondary N) is 1. The summed E-state index contributed by atoms with van der Waals surface area (Å²) in [5.41, 5.74) is 11.1. The normalized spacial score (nSPS) is 29.0. The van der Waals surface area contributed by atoms with Gasteiger partial charge in [0.15, 0.2) is 29.7 Å². The molecule has 0 spiro atoms. The highest BCUT2D eigenvalue weighted by molar-refractivity contribution is 7.47. The average molecular weight is 658 g/mol. The molecule has 21 nitrogen and oxygen atoms in total. The van der Waals surface area contributed by atoms with E-state index in [9.17, 15) is 33.9 Å². The number of hydrogen-bond donors (Lipinski definition) is 7. The van der Waals surface area contributed by atoms with Gasteiger partial charge >= 0.3 is 16.1 Å². The Bertz CT molecular complexity index is 1820. The van der Waals surface area contributed by atoms with Gasteiger partial charge in [-0.3, -0.25) is 23.4 Å². The number of hydrogen-bond acceptors (Lipinski definition) is 16. The first-order valence-corrected chi connectivity index (χ1v) is 15.5. The Kier molecular flexibility index (Phi) is 8.20. The van der Waals surface area contributed by atoms with Crippen LogP contribution in [0, 0.1) is 0 Å². The number of rotatable bonds is 10. The molecule has 2 saturated heterocycles. The monoisotopic (exact) mass is 658 g/mol. The molecule has 0 amide bonds. The number of nitrogens with two attached hydrogens (primary N) is 2. The van der Waals surface area contributed by atoms with Crippen molar-refractivity contribution in [1.29, 1.82) is 0 Å². The lowest BCUT2D eigenvalue weighted by Crippen LogP contribution is -2.35. The number of aromatic nitrogens is 7. The van der Waals surface area contributed by atoms with Crippen LogP contribution in [-0.2, 0) is 32.2 Å². The molecule has 4 unspecified atom stereocenters. The third-order valence-electron chi connectivity index (χ3n) is 7.08. The van der Waals surface area contributed by atoms with Gasteiger partial charge in [-0.05, 0) is 6.07 Å². The Labute approximate surface area is 245 Å². The molecule has 2 aliphatic rings. The number of aromatic amines is 1. The smallest absolute Gasteiger partial charge is 0.394 e. The van der Waals surface area contributed by atoms with Gasteiger partial charge in [0, 0.05) is 17.2 Å². The van der Waals surface area contributed by atoms with Crippen molar-refractivity contribution in [2.75, 3.05) is 24.7 Å². The summed E-state index contributed by atoms with van der Waals surface area (Å²) in [6.07, 6.45) is -5.04. The highest BCUT2D eigenvalue weighted by Crippen LogP contribution is 2.50. The first-order chi connectivity index (χ1) is 21.0. The van der Waals surface area contributed by atoms with E-state index < -0.39 is 77.8 Å². The van der Waals surface area contributed by atoms with E-state index in [2.05, 4.69) is 24.9 Å². The second kappa shape index (κ2) is 11.8. The van der Waals surface area contributed by atoms with Gasteiger partial charge in [-0.2, -0.15) is 4.98 Å². The predicted octanol–water partition coefficient (Wildman–Crippen LogP) is -1.20. The minimum atomic E-state index is -4.96. The summed E-state index contributed by atoms with van der Waals surface area (Å²) >= 11 is 0. The van der Waals surface area contributed by atoms with Crippen molar-refractivity contribution in [3.63, 3.8) is 0 Å². The number of H-pyrrole nitrogens is 1. The molecule has 0 bridgehead atoms. The van der Waals surface area contributed by atoms with E-state index in [4.69, 9.17) is 34.5 Å². The lowest BCUT2D eigenvalue weighted by atomic mass is 10.1. The Morgan fingerprint density at radius 3 is 2.73 bits per heavy atom. The van der Waals surface area contributed by atoms with Crippen molar-refractivity contribution in [2.24, 2.45) is 0 Å². The third kappa shape index (κ3) is 5.71. The van der Waals surface area contributed by atoms with Crippen LogP contribution in [-0.4, -0.2) is 97.8 Å². The fourth-order valence-corrected chi connectivity index (χ4v) is 6.58. The zero-order valence-corrected chi connectivity index (χ0v) is 24.0. The molecule has 9 N–H and O–H groups in total. The van der Waals surface area contributed by atoms with Crippen molar-refractivity contribution in [3.05, 3.63) is 35.3 Å². The summed E-state index contributed by atoms with van der Waals surface area (Å²) in [7, 11) is -8.20. The molecule has 2 aliphatic heterocycles. The first-order valence-electron chi connectivity index (χ1n) is 12.8. The second-order valence-corrected chi connectivity index (χ2v) is 11.9. The van der Waals surface area contributed by atoms with E-state index in [0.29, 0.717) is 5.39 Å². The molecule has 44 heavy (non-hydrogen) atoms. The van der Waals surface area contributed by atoms with Gasteiger partial charge in [0.25, 0.3) is 5.56 Å². The van der Waals surface area contributed by atoms with Crippen molar-refractivity contribution in [3.8, 4) is 0 Å². The highest BCUT2D eigenvalue weighted by Gasteiger charge is 2.51. The molecule has 6 rings (SSSR count). The number of aliphatic hydroxyl groups excluding tert-OH is 2. The minimum Gasteiger partial charge on any atom is -0.394 e. The van der Waals surface area contributed by atoms with Gasteiger partial charge in [0.2, 0.25) is 5.95 Å². The number of ether oxygens (including phenoxy) is 2. The number of fused-ring (bicyclic) bond motifs is 2. The molecular weight excluding hydrogens is 632 g/mol. The molecule has 0 aliphatic carbocycles. The van der Waals surface area contributed by atoms with E-state index in [1.165, 1.54) is 28.0 Å². The van der Waals surface area contributed by atoms with Crippen LogP contribution in [0.5, 0.6) is 0 Å². The zero-order chi connectivity index (χ0) is 31.3. The summed E-state index contributed by atoms with van der Waals surface area (Å²) in [5.74, 6) is -0.0463. The molecule has 2 fully saturated rings. The summed E-state index contributed by atoms with van der Waals surface area (Å²) in [6.45, 7) is -1.21. The number of anilines is 2. The van der Waals surface area contributed by atoms with Gasteiger partial charge in [-0.1, -0.05) is 0 Å². The van der Waals surface area contributed by atoms with E-state index in [1.54, 1.807) is 6.07 Å². The van der Waals surface area contributed by atoms with Crippen LogP contribution in [0.15, 0.2) is 29.7 Å². The Hall–Kier alpha value is -3.46. The van der Waals surface area contributed by atoms with Crippen LogP contribution < -0.4 is 17.0 Å². The van der Waals surface area contributed by atoms with Gasteiger partial charge < -0.3 is 40.6 Å². The summed E-state index contributed by atoms with van der Waals surface area (Å²) in [6, 6.07) is 1.58. The molecule has 6 heterocycles. The van der Waals surface area contributed by atoms with Crippen molar-refractivity contribution in [2.45, 2.75) is 49.4 Å². The van der Waals surface area contributed by atoms with Gasteiger partial charge in [0.05, 0.1) is 31.0 Å². The average Bonchev–Trinajstić information content (AvgIpc) is 3.73. The van der Waals surface area contributed by atoms with E-state index >= 15 is 0 Å². The van der Waals surface area contributed by atoms with E-state index in [1.807, 2.05) is 0 Å². The predicted molar refractivity (Wildman–Crippen MR) is 145 cm³/mol. The SMILES string of the molecule is Nc1nc2c(ncn2[C@@H]2O[C@H](CO)CC2OP(=O)(O)OC[C@H]2O[C@@H](n3ccc4c(N)ncnc43)[C@H](O)C2O[P+](=O)O)c(=O)[nH]1. The largest absolute Gasteiger partial charge is 0.695 e. The second-order valence-electron chi connectivity index (χ2n) is 9.83. The molecule has 0 radical (unpaired) electrons. The zero-order valence-electron chi connectivity index (χ0n) is 22.3. The number of nitrogens with zero attached hydrogens (tertiary/aromatic N) is 6. The molecular formula is C21H26N9O12P2+. The molecule has 236 valence electrons. The van der Waals surface area contributed by atoms with E-state index in [-0.39, 0.29) is 35.0 Å². The Morgan fingerprint density at radius 2 is 1.98 bits per heavy atom. The number of phosphoric ester groups is 1. The van der Waals surface area contributed by atoms with Crippen LogP contribution in [0.3, 0.4) is 0 Å². The fraction of sp³-hybridized carbons (Fsp3) is 0.476. The minimum absolute atomic E-state index is 0.000755. The van der Waals surface area contributed by atoms with Gasteiger partial charge in [0.1, 0.15) is 36.1 Å². The first kappa shape index (κ1) is 30.6. The Balaban J connectivity index is 1.20. The fourth-order valence-electron chi connectivity index (χ4n) is 5.19. The van der Waals surface area contributed by atoms with E-state index in [0.717, 1.165) is 0 Å². The molecule has 9 atom stereocenters. The summed E-state index contributed by atoms with van der Waals surface area (Å²) in [5, 5.41) is 21.1. The summed E-state index contributed by atoms with van der Waals surface area (Å²) in [4.78, 5) is 50.6. The van der Waals surface area contributed by atoms with Crippen LogP contribution >= 0.6 is 16.1 Å². The Morgan fingerprint density at radius 1 is 1.18 bits per heavy atom. The quantitative estimate of drug-likeness (QED) is 0.0984. The van der Waals surface area contributed by atoms with Crippen LogP contribution in [0.1, 0.15) is 18.9 Å². The van der Waals surface area contributed by atoms with Crippen LogP contribution in [0.25, 0.3) is 22.2 Å². The maximum absolute atomic E-state index is 13.1. The van der Waals surface area contributed by atoms with Crippen molar-refractivity contribution < 1.29 is 52.2 Å². The molecule has 4 aromatic heterocycles. The highest BCUT2D eigenvalue weighted by atomic mass is 31.2. The molecule has 0 saturated carbocycles. The number of phosphoric acid groups is 1. The van der Waals surface area contributed by atoms with Crippen molar-refractivity contribution >= 4 is 50.0 Å². The lowest BCUT2D eigenvalue weighted by molar-refractivity contribution is -0.0607. The standard InChI is InChI=1S/C21H25N9O12P2/c22-15-9-1-2-29(16(9)25-6-24-15)20-13(32)14(41-43(34)35)11(40-20)5-38-44(36,37)42-10-3-8(4-31)39-19(10)30-7-26-12-17(30)27-21(23)28-18(12)33/h1-2,6-8,10-11,13-14,19-20,31-32H,3-5H2,(H6-,22,23,24,25,27,28,33,34,35,36,37)/p+1/t8-,10?,11+,13+,14?,19+,20+/m0/s1. The summed E-state index contributed by atoms with van der Waals surface area (Å²) < 4.78 is 54.5. The van der Waals surface area contributed by atoms with Crippen molar-refractivity contribution in [1.82, 2.24) is 34.1 Å². The topological polar surface area (TPSA) is 308 Å². The lowest BCUT2D eigenvalue weighted by Gasteiger charge is -2.23. The molecule has 4 aromatic rings. The maximum Gasteiger partial charge on any atom is 0.695 e. The van der Waals surface area contributed by atoms with Gasteiger partial charge in [-0.25, -0.2) is 19.5 Å².